The monoisotopic (exact) mass is 262 g/mol. The fourth-order valence-corrected chi connectivity index (χ4v) is 1.11. The summed E-state index contributed by atoms with van der Waals surface area (Å²) in [6, 6.07) is 3.61. The molecule has 0 aliphatic carbocycles. The van der Waals surface area contributed by atoms with E-state index in [9.17, 15) is 14.4 Å². The van der Waals surface area contributed by atoms with E-state index in [0.717, 1.165) is 13.0 Å². The van der Waals surface area contributed by atoms with Gasteiger partial charge in [-0.3, -0.25) is 9.59 Å². The summed E-state index contributed by atoms with van der Waals surface area (Å²) < 4.78 is 9.53. The maximum absolute atomic E-state index is 10.8. The Labute approximate surface area is 125 Å². The first kappa shape index (κ1) is 16.6. The van der Waals surface area contributed by atoms with Crippen LogP contribution in [-0.2, 0) is 9.59 Å². The van der Waals surface area contributed by atoms with Crippen molar-refractivity contribution in [3.8, 4) is 11.5 Å². The first-order chi connectivity index (χ1) is 7.90. The summed E-state index contributed by atoms with van der Waals surface area (Å²) in [4.78, 5) is 32.3. The third kappa shape index (κ3) is 4.87. The molecule has 0 saturated heterocycles. The number of rotatable bonds is 3. The van der Waals surface area contributed by atoms with Crippen LogP contribution in [0.4, 0.5) is 0 Å². The molecule has 0 spiro atoms. The number of benzene rings is 1. The third-order valence-electron chi connectivity index (χ3n) is 1.70. The first-order valence-electron chi connectivity index (χ1n) is 4.64. The number of carboxylic acid groups (broad SMARTS) is 1. The van der Waals surface area contributed by atoms with E-state index in [0.29, 0.717) is 0 Å². The molecular weight excluding hydrogens is 251 g/mol. The molecule has 18 heavy (non-hydrogen) atoms. The van der Waals surface area contributed by atoms with Crippen molar-refractivity contribution in [3.05, 3.63) is 23.8 Å². The Kier molecular flexibility index (Phi) is 6.61. The molecule has 0 unspecified atom stereocenters. The minimum atomic E-state index is -1.17. The molecule has 1 aromatic carbocycles. The Hall–Kier alpha value is -1.37. The fourth-order valence-electron chi connectivity index (χ4n) is 1.11. The van der Waals surface area contributed by atoms with Crippen LogP contribution >= 0.6 is 0 Å². The number of ether oxygens (including phenoxy) is 2. The number of esters is 2. The molecular formula is C11H11NaO6. The molecule has 6 nitrogen and oxygen atoms in total. The van der Waals surface area contributed by atoms with Gasteiger partial charge in [0.1, 0.15) is 0 Å². The molecule has 1 aromatic rings. The van der Waals surface area contributed by atoms with Crippen molar-refractivity contribution in [3.63, 3.8) is 0 Å². The summed E-state index contributed by atoms with van der Waals surface area (Å²) in [5, 5.41) is 8.77. The summed E-state index contributed by atoms with van der Waals surface area (Å²) in [5.74, 6) is -2.51. The van der Waals surface area contributed by atoms with Crippen LogP contribution < -0.4 is 9.47 Å². The van der Waals surface area contributed by atoms with Gasteiger partial charge in [-0.05, 0) is 18.2 Å². The zero-order valence-corrected chi connectivity index (χ0v) is 9.22. The average molecular weight is 262 g/mol. The predicted octanol–water partition coefficient (Wildman–Crippen LogP) is 0.587. The molecule has 0 bridgehead atoms. The van der Waals surface area contributed by atoms with Gasteiger partial charge in [-0.15, -0.1) is 0 Å². The van der Waals surface area contributed by atoms with Crippen molar-refractivity contribution >= 4 is 47.5 Å². The van der Waals surface area contributed by atoms with Gasteiger partial charge in [-0.1, -0.05) is 0 Å². The summed E-state index contributed by atoms with van der Waals surface area (Å²) >= 11 is 0. The molecule has 1 N–H and O–H groups in total. The minimum absolute atomic E-state index is 0. The van der Waals surface area contributed by atoms with Crippen molar-refractivity contribution in [2.24, 2.45) is 0 Å². The van der Waals surface area contributed by atoms with Crippen molar-refractivity contribution in [2.45, 2.75) is 13.8 Å². The Balaban J connectivity index is 0.00000289. The van der Waals surface area contributed by atoms with Crippen molar-refractivity contribution < 1.29 is 29.0 Å². The molecule has 0 aromatic heterocycles. The molecule has 0 saturated carbocycles. The van der Waals surface area contributed by atoms with Crippen molar-refractivity contribution in [2.75, 3.05) is 0 Å². The van der Waals surface area contributed by atoms with Crippen LogP contribution in [0.25, 0.3) is 0 Å². The Morgan fingerprint density at radius 3 is 1.94 bits per heavy atom. The topological polar surface area (TPSA) is 89.9 Å². The first-order valence-corrected chi connectivity index (χ1v) is 4.64. The average Bonchev–Trinajstić information content (AvgIpc) is 2.18. The van der Waals surface area contributed by atoms with Crippen LogP contribution in [0, 0.1) is 0 Å². The molecule has 92 valence electrons. The molecule has 1 rings (SSSR count). The van der Waals surface area contributed by atoms with Gasteiger partial charge in [-0.2, -0.15) is 0 Å². The fraction of sp³-hybridized carbons (Fsp3) is 0.182. The Morgan fingerprint density at radius 1 is 1.00 bits per heavy atom. The number of aromatic carboxylic acids is 1. The second-order valence-electron chi connectivity index (χ2n) is 3.15. The van der Waals surface area contributed by atoms with Gasteiger partial charge >= 0.3 is 47.5 Å². The molecule has 0 radical (unpaired) electrons. The molecule has 0 atom stereocenters. The Morgan fingerprint density at radius 2 is 1.50 bits per heavy atom. The van der Waals surface area contributed by atoms with Crippen molar-refractivity contribution in [1.82, 2.24) is 0 Å². The van der Waals surface area contributed by atoms with Gasteiger partial charge in [0.25, 0.3) is 0 Å². The summed E-state index contributed by atoms with van der Waals surface area (Å²) in [6.45, 7) is 2.34. The number of carbonyl (C=O) groups is 3. The third-order valence-corrected chi connectivity index (χ3v) is 1.70. The second-order valence-corrected chi connectivity index (χ2v) is 3.15. The molecule has 7 heteroatoms. The van der Waals surface area contributed by atoms with Crippen LogP contribution in [0.2, 0.25) is 0 Å². The number of hydrogen-bond donors (Lipinski definition) is 1. The van der Waals surface area contributed by atoms with E-state index in [1.807, 2.05) is 0 Å². The molecule has 0 heterocycles. The van der Waals surface area contributed by atoms with Crippen LogP contribution in [0.5, 0.6) is 11.5 Å². The van der Waals surface area contributed by atoms with Gasteiger partial charge in [-0.25, -0.2) is 4.79 Å². The predicted molar refractivity (Wildman–Crippen MR) is 63.2 cm³/mol. The number of hydrogen-bond acceptors (Lipinski definition) is 5. The van der Waals surface area contributed by atoms with Gasteiger partial charge in [0.15, 0.2) is 11.5 Å². The Bertz CT molecular complexity index is 482. The molecule has 0 aliphatic rings. The zero-order valence-electron chi connectivity index (χ0n) is 9.22. The molecule has 0 amide bonds. The van der Waals surface area contributed by atoms with Gasteiger partial charge in [0.05, 0.1) is 5.56 Å². The summed E-state index contributed by atoms with van der Waals surface area (Å²) in [7, 11) is 0. The summed E-state index contributed by atoms with van der Waals surface area (Å²) in [6.07, 6.45) is 0. The van der Waals surface area contributed by atoms with Crippen LogP contribution in [0.1, 0.15) is 24.2 Å². The SMILES string of the molecule is CC(=O)Oc1ccc(C(=O)O)cc1OC(C)=O.[NaH]. The quantitative estimate of drug-likeness (QED) is 0.487. The van der Waals surface area contributed by atoms with Gasteiger partial charge in [0.2, 0.25) is 0 Å². The number of carbonyl (C=O) groups excluding carboxylic acids is 2. The summed E-state index contributed by atoms with van der Waals surface area (Å²) in [5.41, 5.74) is -0.0721. The zero-order chi connectivity index (χ0) is 13.0. The maximum atomic E-state index is 10.8. The molecule has 0 aliphatic heterocycles. The van der Waals surface area contributed by atoms with E-state index < -0.39 is 17.9 Å². The van der Waals surface area contributed by atoms with Crippen LogP contribution in [-0.4, -0.2) is 52.6 Å². The van der Waals surface area contributed by atoms with Gasteiger partial charge < -0.3 is 14.6 Å². The van der Waals surface area contributed by atoms with E-state index in [4.69, 9.17) is 14.6 Å². The van der Waals surface area contributed by atoms with Crippen LogP contribution in [0.3, 0.4) is 0 Å². The van der Waals surface area contributed by atoms with E-state index >= 15 is 0 Å². The normalized spacial score (nSPS) is 9.00. The van der Waals surface area contributed by atoms with Crippen molar-refractivity contribution in [1.29, 1.82) is 0 Å². The van der Waals surface area contributed by atoms with E-state index in [-0.39, 0.29) is 46.6 Å². The van der Waals surface area contributed by atoms with E-state index in [1.165, 1.54) is 19.1 Å². The molecule has 0 fully saturated rings. The standard InChI is InChI=1S/C11H10O6.Na.H/c1-6(12)16-9-4-3-8(11(14)15)5-10(9)17-7(2)13;;/h3-5H,1-2H3,(H,14,15);;. The number of carboxylic acids is 1. The van der Waals surface area contributed by atoms with Gasteiger partial charge in [0, 0.05) is 13.8 Å². The van der Waals surface area contributed by atoms with E-state index in [2.05, 4.69) is 0 Å². The van der Waals surface area contributed by atoms with E-state index in [1.54, 1.807) is 0 Å². The van der Waals surface area contributed by atoms with Crippen LogP contribution in [0.15, 0.2) is 18.2 Å². The second kappa shape index (κ2) is 7.15.